The molecule has 92 valence electrons. The van der Waals surface area contributed by atoms with Gasteiger partial charge in [-0.05, 0) is 12.1 Å². The van der Waals surface area contributed by atoms with Crippen LogP contribution in [0.4, 0.5) is 11.4 Å². The maximum Gasteiger partial charge on any atom is 0.237 e. The standard InChI is InChI=1S/C12H9N7/c13-5-9(6-14)17-18-10-7-16-19(8-10)12-4-2-1-3-11(12)15/h1-4,7-8,18H,15H2. The van der Waals surface area contributed by atoms with E-state index >= 15 is 0 Å². The van der Waals surface area contributed by atoms with Gasteiger partial charge in [-0.1, -0.05) is 12.1 Å². The first-order valence-corrected chi connectivity index (χ1v) is 5.28. The Morgan fingerprint density at radius 2 is 2.05 bits per heavy atom. The number of rotatable bonds is 3. The Hall–Kier alpha value is -3.32. The second-order valence-electron chi connectivity index (χ2n) is 3.53. The van der Waals surface area contributed by atoms with Gasteiger partial charge in [0.1, 0.15) is 12.1 Å². The van der Waals surface area contributed by atoms with Gasteiger partial charge in [-0.2, -0.15) is 20.7 Å². The van der Waals surface area contributed by atoms with Crippen LogP contribution in [-0.2, 0) is 0 Å². The van der Waals surface area contributed by atoms with Crippen molar-refractivity contribution in [1.29, 1.82) is 10.5 Å². The Kier molecular flexibility index (Phi) is 3.41. The molecule has 0 aliphatic heterocycles. The number of para-hydroxylation sites is 2. The van der Waals surface area contributed by atoms with Crippen LogP contribution in [0.3, 0.4) is 0 Å². The van der Waals surface area contributed by atoms with Gasteiger partial charge in [-0.3, -0.25) is 5.43 Å². The molecule has 2 rings (SSSR count). The van der Waals surface area contributed by atoms with Gasteiger partial charge < -0.3 is 5.73 Å². The van der Waals surface area contributed by atoms with Crippen LogP contribution >= 0.6 is 0 Å². The molecule has 0 unspecified atom stereocenters. The van der Waals surface area contributed by atoms with Crippen molar-refractivity contribution >= 4 is 17.1 Å². The smallest absolute Gasteiger partial charge is 0.237 e. The predicted molar refractivity (Wildman–Crippen MR) is 70.3 cm³/mol. The van der Waals surface area contributed by atoms with E-state index in [9.17, 15) is 0 Å². The van der Waals surface area contributed by atoms with E-state index < -0.39 is 0 Å². The molecule has 7 nitrogen and oxygen atoms in total. The highest BCUT2D eigenvalue weighted by atomic mass is 15.3. The van der Waals surface area contributed by atoms with Gasteiger partial charge in [0.05, 0.1) is 29.5 Å². The summed E-state index contributed by atoms with van der Waals surface area (Å²) in [6, 6.07) is 10.6. The molecule has 19 heavy (non-hydrogen) atoms. The first-order valence-electron chi connectivity index (χ1n) is 5.28. The molecule has 7 heteroatoms. The molecule has 0 aliphatic carbocycles. The summed E-state index contributed by atoms with van der Waals surface area (Å²) in [4.78, 5) is 0. The fraction of sp³-hybridized carbons (Fsp3) is 0. The Labute approximate surface area is 109 Å². The van der Waals surface area contributed by atoms with Crippen molar-refractivity contribution in [3.63, 3.8) is 0 Å². The SMILES string of the molecule is N#CC(C#N)=NNc1cnn(-c2ccccc2N)c1. The summed E-state index contributed by atoms with van der Waals surface area (Å²) in [5.41, 5.74) is 10.0. The lowest BCUT2D eigenvalue weighted by atomic mass is 10.3. The van der Waals surface area contributed by atoms with E-state index in [4.69, 9.17) is 16.3 Å². The minimum atomic E-state index is -0.257. The van der Waals surface area contributed by atoms with Crippen molar-refractivity contribution in [3.8, 4) is 17.8 Å². The van der Waals surface area contributed by atoms with E-state index in [1.807, 2.05) is 18.2 Å². The fourth-order valence-electron chi connectivity index (χ4n) is 1.40. The van der Waals surface area contributed by atoms with Crippen LogP contribution in [0.25, 0.3) is 5.69 Å². The number of nitrogens with one attached hydrogen (secondary N) is 1. The zero-order chi connectivity index (χ0) is 13.7. The quantitative estimate of drug-likeness (QED) is 0.484. The molecule has 0 saturated carbocycles. The summed E-state index contributed by atoms with van der Waals surface area (Å²) in [6.45, 7) is 0. The minimum Gasteiger partial charge on any atom is -0.397 e. The van der Waals surface area contributed by atoms with Crippen LogP contribution in [0.2, 0.25) is 0 Å². The minimum absolute atomic E-state index is 0.257. The second-order valence-corrected chi connectivity index (χ2v) is 3.53. The van der Waals surface area contributed by atoms with E-state index in [1.54, 1.807) is 29.1 Å². The van der Waals surface area contributed by atoms with Crippen LogP contribution in [0.15, 0.2) is 41.8 Å². The van der Waals surface area contributed by atoms with Crippen molar-refractivity contribution in [1.82, 2.24) is 9.78 Å². The highest BCUT2D eigenvalue weighted by Crippen LogP contribution is 2.17. The Morgan fingerprint density at radius 3 is 2.74 bits per heavy atom. The molecule has 1 aromatic carbocycles. The number of nitrogens with zero attached hydrogens (tertiary/aromatic N) is 5. The van der Waals surface area contributed by atoms with Gasteiger partial charge >= 0.3 is 0 Å². The van der Waals surface area contributed by atoms with Gasteiger partial charge in [-0.15, -0.1) is 0 Å². The number of hydrazone groups is 1. The van der Waals surface area contributed by atoms with Crippen molar-refractivity contribution < 1.29 is 0 Å². The number of aromatic nitrogens is 2. The van der Waals surface area contributed by atoms with Crippen LogP contribution in [0.1, 0.15) is 0 Å². The molecule has 0 aliphatic rings. The largest absolute Gasteiger partial charge is 0.397 e. The highest BCUT2D eigenvalue weighted by Gasteiger charge is 2.03. The van der Waals surface area contributed by atoms with Crippen LogP contribution in [0, 0.1) is 22.7 Å². The molecule has 0 atom stereocenters. The summed E-state index contributed by atoms with van der Waals surface area (Å²) in [6.07, 6.45) is 3.17. The van der Waals surface area contributed by atoms with Crippen LogP contribution in [0.5, 0.6) is 0 Å². The van der Waals surface area contributed by atoms with E-state index in [1.165, 1.54) is 6.20 Å². The monoisotopic (exact) mass is 251 g/mol. The lowest BCUT2D eigenvalue weighted by Gasteiger charge is -2.03. The summed E-state index contributed by atoms with van der Waals surface area (Å²) in [5, 5.41) is 24.8. The third-order valence-corrected chi connectivity index (χ3v) is 2.27. The Balaban J connectivity index is 2.22. The van der Waals surface area contributed by atoms with E-state index in [2.05, 4.69) is 15.6 Å². The fourth-order valence-corrected chi connectivity index (χ4v) is 1.40. The van der Waals surface area contributed by atoms with E-state index in [-0.39, 0.29) is 5.71 Å². The molecule has 1 aromatic heterocycles. The molecule has 0 fully saturated rings. The third kappa shape index (κ3) is 2.68. The number of hydrogen-bond donors (Lipinski definition) is 2. The van der Waals surface area contributed by atoms with Crippen molar-refractivity contribution in [2.24, 2.45) is 5.10 Å². The van der Waals surface area contributed by atoms with E-state index in [0.717, 1.165) is 5.69 Å². The maximum atomic E-state index is 8.54. The number of hydrogen-bond acceptors (Lipinski definition) is 6. The number of nitrogen functional groups attached to an aromatic ring is 1. The zero-order valence-electron chi connectivity index (χ0n) is 9.78. The van der Waals surface area contributed by atoms with Crippen molar-refractivity contribution in [2.75, 3.05) is 11.2 Å². The summed E-state index contributed by atoms with van der Waals surface area (Å²) < 4.78 is 1.58. The normalized spacial score (nSPS) is 9.16. The van der Waals surface area contributed by atoms with Crippen LogP contribution in [-0.4, -0.2) is 15.5 Å². The molecule has 0 radical (unpaired) electrons. The molecule has 0 saturated heterocycles. The van der Waals surface area contributed by atoms with E-state index in [0.29, 0.717) is 11.4 Å². The molecule has 1 heterocycles. The molecule has 2 aromatic rings. The average molecular weight is 251 g/mol. The summed E-state index contributed by atoms with van der Waals surface area (Å²) in [5.74, 6) is 0. The molecule has 3 N–H and O–H groups in total. The van der Waals surface area contributed by atoms with Gasteiger partial charge in [0, 0.05) is 0 Å². The van der Waals surface area contributed by atoms with Crippen molar-refractivity contribution in [2.45, 2.75) is 0 Å². The number of nitriles is 2. The number of nitrogens with two attached hydrogens (primary N) is 1. The molecule has 0 bridgehead atoms. The van der Waals surface area contributed by atoms with Gasteiger partial charge in [-0.25, -0.2) is 4.68 Å². The first kappa shape index (κ1) is 12.1. The third-order valence-electron chi connectivity index (χ3n) is 2.27. The Bertz CT molecular complexity index is 683. The lowest BCUT2D eigenvalue weighted by Crippen LogP contribution is -1.99. The highest BCUT2D eigenvalue weighted by molar-refractivity contribution is 6.10. The number of anilines is 2. The van der Waals surface area contributed by atoms with Crippen molar-refractivity contribution in [3.05, 3.63) is 36.7 Å². The van der Waals surface area contributed by atoms with Gasteiger partial charge in [0.2, 0.25) is 5.71 Å². The van der Waals surface area contributed by atoms with Gasteiger partial charge in [0.25, 0.3) is 0 Å². The van der Waals surface area contributed by atoms with Gasteiger partial charge in [0.15, 0.2) is 0 Å². The average Bonchev–Trinajstić information content (AvgIpc) is 2.89. The predicted octanol–water partition coefficient (Wildman–Crippen LogP) is 1.27. The second kappa shape index (κ2) is 5.34. The molecule has 0 spiro atoms. The zero-order valence-corrected chi connectivity index (χ0v) is 9.78. The molecule has 0 amide bonds. The number of benzene rings is 1. The van der Waals surface area contributed by atoms with Crippen LogP contribution < -0.4 is 11.2 Å². The maximum absolute atomic E-state index is 8.54. The topological polar surface area (TPSA) is 116 Å². The first-order chi connectivity index (χ1) is 9.24. The molecular formula is C12H9N7. The molecular weight excluding hydrogens is 242 g/mol. The summed E-state index contributed by atoms with van der Waals surface area (Å²) >= 11 is 0. The Morgan fingerprint density at radius 1 is 1.32 bits per heavy atom. The summed E-state index contributed by atoms with van der Waals surface area (Å²) in [7, 11) is 0. The lowest BCUT2D eigenvalue weighted by molar-refractivity contribution is 0.883.